The van der Waals surface area contributed by atoms with Gasteiger partial charge in [-0.25, -0.2) is 4.99 Å². The molecule has 0 saturated carbocycles. The van der Waals surface area contributed by atoms with Gasteiger partial charge in [-0.3, -0.25) is 4.99 Å². The van der Waals surface area contributed by atoms with Gasteiger partial charge in [-0.2, -0.15) is 0 Å². The van der Waals surface area contributed by atoms with Crippen molar-refractivity contribution < 1.29 is 0 Å². The molecule has 1 aliphatic heterocycles. The molecule has 2 nitrogen and oxygen atoms in total. The highest BCUT2D eigenvalue weighted by Crippen LogP contribution is 2.45. The summed E-state index contributed by atoms with van der Waals surface area (Å²) in [6.45, 7) is 9.69. The number of rotatable bonds is 4. The second-order valence-corrected chi connectivity index (χ2v) is 7.60. The van der Waals surface area contributed by atoms with Gasteiger partial charge in [-0.05, 0) is 59.4 Å². The normalized spacial score (nSPS) is 18.3. The van der Waals surface area contributed by atoms with E-state index in [0.717, 1.165) is 30.0 Å². The number of fused-ring (bicyclic) bond motifs is 1. The van der Waals surface area contributed by atoms with Crippen LogP contribution in [0.1, 0.15) is 55.4 Å². The molecule has 26 heavy (non-hydrogen) atoms. The molecule has 0 N–H and O–H groups in total. The molecule has 0 bridgehead atoms. The summed E-state index contributed by atoms with van der Waals surface area (Å²) in [7, 11) is 0. The summed E-state index contributed by atoms with van der Waals surface area (Å²) in [4.78, 5) is 9.44. The van der Waals surface area contributed by atoms with Gasteiger partial charge in [0.05, 0.1) is 12.3 Å². The SMILES string of the molecule is C=C1CC(CC)(CC)Cc2ccc(C3=NC(c4ccccc4)=NC3)cc21. The van der Waals surface area contributed by atoms with Crippen LogP contribution in [-0.2, 0) is 6.42 Å². The van der Waals surface area contributed by atoms with Crippen LogP contribution in [0, 0.1) is 5.41 Å². The molecule has 2 aromatic rings. The zero-order valence-electron chi connectivity index (χ0n) is 15.8. The van der Waals surface area contributed by atoms with Crippen LogP contribution in [0.5, 0.6) is 0 Å². The van der Waals surface area contributed by atoms with E-state index in [-0.39, 0.29) is 0 Å². The molecule has 2 aliphatic rings. The van der Waals surface area contributed by atoms with Crippen molar-refractivity contribution in [3.63, 3.8) is 0 Å². The zero-order chi connectivity index (χ0) is 18.1. The van der Waals surface area contributed by atoms with Gasteiger partial charge in [0.15, 0.2) is 5.84 Å². The van der Waals surface area contributed by atoms with Crippen LogP contribution in [0.3, 0.4) is 0 Å². The fourth-order valence-electron chi connectivity index (χ4n) is 4.25. The van der Waals surface area contributed by atoms with Crippen molar-refractivity contribution in [3.8, 4) is 0 Å². The van der Waals surface area contributed by atoms with Gasteiger partial charge in [0.25, 0.3) is 0 Å². The van der Waals surface area contributed by atoms with Gasteiger partial charge in [-0.1, -0.05) is 62.9 Å². The third kappa shape index (κ3) is 2.94. The maximum atomic E-state index is 4.80. The molecule has 1 aliphatic carbocycles. The quantitative estimate of drug-likeness (QED) is 0.681. The van der Waals surface area contributed by atoms with Crippen LogP contribution in [0.15, 0.2) is 65.1 Å². The number of aliphatic imine (C=N–C) groups is 2. The molecule has 0 radical (unpaired) electrons. The average Bonchev–Trinajstić information content (AvgIpc) is 3.18. The van der Waals surface area contributed by atoms with Crippen molar-refractivity contribution in [2.45, 2.75) is 39.5 Å². The molecule has 132 valence electrons. The Bertz CT molecular complexity index is 899. The highest BCUT2D eigenvalue weighted by Gasteiger charge is 2.33. The van der Waals surface area contributed by atoms with Gasteiger partial charge in [0.1, 0.15) is 0 Å². The number of benzene rings is 2. The largest absolute Gasteiger partial charge is 0.260 e. The van der Waals surface area contributed by atoms with E-state index in [1.54, 1.807) is 0 Å². The van der Waals surface area contributed by atoms with Crippen LogP contribution in [0.25, 0.3) is 5.57 Å². The summed E-state index contributed by atoms with van der Waals surface area (Å²) in [6.07, 6.45) is 4.69. The molecular formula is C24H26N2. The zero-order valence-corrected chi connectivity index (χ0v) is 15.8. The highest BCUT2D eigenvalue weighted by atomic mass is 15.0. The van der Waals surface area contributed by atoms with Crippen molar-refractivity contribution >= 4 is 17.1 Å². The number of nitrogens with zero attached hydrogens (tertiary/aromatic N) is 2. The van der Waals surface area contributed by atoms with E-state index in [9.17, 15) is 0 Å². The van der Waals surface area contributed by atoms with E-state index in [1.165, 1.54) is 35.1 Å². The van der Waals surface area contributed by atoms with Crippen molar-refractivity contribution in [1.29, 1.82) is 0 Å². The second-order valence-electron chi connectivity index (χ2n) is 7.60. The summed E-state index contributed by atoms with van der Waals surface area (Å²) in [5, 5.41) is 0. The van der Waals surface area contributed by atoms with Crippen LogP contribution >= 0.6 is 0 Å². The first-order valence-corrected chi connectivity index (χ1v) is 9.63. The van der Waals surface area contributed by atoms with Crippen LogP contribution in [0.2, 0.25) is 0 Å². The smallest absolute Gasteiger partial charge is 0.155 e. The molecule has 4 rings (SSSR count). The number of hydrogen-bond donors (Lipinski definition) is 0. The van der Waals surface area contributed by atoms with Crippen molar-refractivity contribution in [3.05, 3.63) is 77.4 Å². The predicted octanol–water partition coefficient (Wildman–Crippen LogP) is 5.70. The Morgan fingerprint density at radius 1 is 0.962 bits per heavy atom. The third-order valence-electron chi connectivity index (χ3n) is 6.13. The minimum atomic E-state index is 0.389. The molecule has 2 heteroatoms. The van der Waals surface area contributed by atoms with Crippen molar-refractivity contribution in [1.82, 2.24) is 0 Å². The lowest BCUT2D eigenvalue weighted by Gasteiger charge is -2.38. The molecule has 0 fully saturated rings. The molecule has 1 heterocycles. The van der Waals surface area contributed by atoms with E-state index in [1.807, 2.05) is 18.2 Å². The fourth-order valence-corrected chi connectivity index (χ4v) is 4.25. The Hall–Kier alpha value is -2.48. The maximum Gasteiger partial charge on any atom is 0.155 e. The number of hydrogen-bond acceptors (Lipinski definition) is 2. The molecule has 0 saturated heterocycles. The van der Waals surface area contributed by atoms with Crippen LogP contribution in [0.4, 0.5) is 0 Å². The predicted molar refractivity (Wildman–Crippen MR) is 111 cm³/mol. The summed E-state index contributed by atoms with van der Waals surface area (Å²) in [5.74, 6) is 0.841. The highest BCUT2D eigenvalue weighted by molar-refractivity contribution is 6.17. The van der Waals surface area contributed by atoms with E-state index >= 15 is 0 Å². The van der Waals surface area contributed by atoms with Crippen molar-refractivity contribution in [2.75, 3.05) is 6.54 Å². The van der Waals surface area contributed by atoms with E-state index in [4.69, 9.17) is 4.99 Å². The minimum absolute atomic E-state index is 0.389. The molecular weight excluding hydrogens is 316 g/mol. The van der Waals surface area contributed by atoms with Gasteiger partial charge >= 0.3 is 0 Å². The van der Waals surface area contributed by atoms with E-state index < -0.39 is 0 Å². The molecule has 0 spiro atoms. The molecule has 0 amide bonds. The van der Waals surface area contributed by atoms with Gasteiger partial charge in [0, 0.05) is 5.56 Å². The first-order valence-electron chi connectivity index (χ1n) is 9.63. The third-order valence-corrected chi connectivity index (χ3v) is 6.13. The van der Waals surface area contributed by atoms with Crippen LogP contribution in [-0.4, -0.2) is 18.1 Å². The first kappa shape index (κ1) is 17.0. The minimum Gasteiger partial charge on any atom is -0.260 e. The lowest BCUT2D eigenvalue weighted by molar-refractivity contribution is 0.261. The maximum absolute atomic E-state index is 4.80. The topological polar surface area (TPSA) is 24.7 Å². The molecule has 0 atom stereocenters. The van der Waals surface area contributed by atoms with Crippen LogP contribution < -0.4 is 0 Å². The lowest BCUT2D eigenvalue weighted by Crippen LogP contribution is -2.27. The standard InChI is InChI=1S/C24H26N2/c1-4-24(5-2)14-17(3)21-13-19(11-12-20(21)15-24)22-16-25-23(26-22)18-9-7-6-8-10-18/h6-13H,3-5,14-16H2,1-2H3. The summed E-state index contributed by atoms with van der Waals surface area (Å²) in [6, 6.07) is 17.0. The number of amidine groups is 1. The molecule has 0 unspecified atom stereocenters. The Morgan fingerprint density at radius 3 is 2.46 bits per heavy atom. The fraction of sp³-hybridized carbons (Fsp3) is 0.333. The molecule has 2 aromatic carbocycles. The average molecular weight is 342 g/mol. The summed E-state index contributed by atoms with van der Waals surface area (Å²) < 4.78 is 0. The van der Waals surface area contributed by atoms with E-state index in [0.29, 0.717) is 12.0 Å². The van der Waals surface area contributed by atoms with Gasteiger partial charge in [-0.15, -0.1) is 0 Å². The number of allylic oxidation sites excluding steroid dienone is 1. The lowest BCUT2D eigenvalue weighted by atomic mass is 9.66. The monoisotopic (exact) mass is 342 g/mol. The Labute approximate surface area is 156 Å². The van der Waals surface area contributed by atoms with Gasteiger partial charge in [0.2, 0.25) is 0 Å². The Balaban J connectivity index is 1.63. The summed E-state index contributed by atoms with van der Waals surface area (Å²) in [5.41, 5.74) is 7.76. The Morgan fingerprint density at radius 2 is 1.73 bits per heavy atom. The van der Waals surface area contributed by atoms with E-state index in [2.05, 4.69) is 55.8 Å². The molecule has 0 aromatic heterocycles. The van der Waals surface area contributed by atoms with Gasteiger partial charge < -0.3 is 0 Å². The summed E-state index contributed by atoms with van der Waals surface area (Å²) >= 11 is 0. The van der Waals surface area contributed by atoms with Crippen molar-refractivity contribution in [2.24, 2.45) is 15.4 Å². The Kier molecular flexibility index (Phi) is 4.36. The second kappa shape index (κ2) is 6.68. The first-order chi connectivity index (χ1) is 12.6.